The fourth-order valence-electron chi connectivity index (χ4n) is 1.08. The molecule has 1 aromatic carbocycles. The third-order valence-corrected chi connectivity index (χ3v) is 1.77. The Labute approximate surface area is 122 Å². The summed E-state index contributed by atoms with van der Waals surface area (Å²) in [6, 6.07) is 7.89. The number of aryl methyl sites for hydroxylation is 1. The Morgan fingerprint density at radius 2 is 1.69 bits per heavy atom. The summed E-state index contributed by atoms with van der Waals surface area (Å²) in [4.78, 5) is 11.1. The van der Waals surface area contributed by atoms with Gasteiger partial charge in [-0.2, -0.15) is 0 Å². The molecule has 0 amide bonds. The van der Waals surface area contributed by atoms with Gasteiger partial charge in [-0.15, -0.1) is 0 Å². The number of hydrogen-bond donors (Lipinski definition) is 0. The maximum atomic E-state index is 11.1. The minimum atomic E-state index is -0.161. The van der Waals surface area contributed by atoms with Crippen LogP contribution < -0.4 is 0 Å². The van der Waals surface area contributed by atoms with E-state index in [1.54, 1.807) is 0 Å². The van der Waals surface area contributed by atoms with Crippen LogP contribution in [0.25, 0.3) is 0 Å². The van der Waals surface area contributed by atoms with E-state index in [1.165, 1.54) is 5.56 Å². The first kappa shape index (κ1) is 18.1. The summed E-state index contributed by atoms with van der Waals surface area (Å²) >= 11 is 0. The maximum Gasteiger partial charge on any atom is 0.310 e. The van der Waals surface area contributed by atoms with Crippen molar-refractivity contribution >= 4 is 5.97 Å². The average molecular weight is 446 g/mol. The summed E-state index contributed by atoms with van der Waals surface area (Å²) in [6.45, 7) is 8.28. The SMILES string of the molecule is CC.CCOC(=O)Cc1ccc(C)cc1.[U]. The molecule has 2 nitrogen and oxygen atoms in total. The predicted molar refractivity (Wildman–Crippen MR) is 62.9 cm³/mol. The topological polar surface area (TPSA) is 26.3 Å². The molecule has 0 radical (unpaired) electrons. The Kier molecular flexibility index (Phi) is 12.7. The van der Waals surface area contributed by atoms with Crippen LogP contribution in [0.4, 0.5) is 0 Å². The van der Waals surface area contributed by atoms with Crippen molar-refractivity contribution in [1.82, 2.24) is 0 Å². The van der Waals surface area contributed by atoms with Gasteiger partial charge in [0.25, 0.3) is 0 Å². The van der Waals surface area contributed by atoms with Crippen LogP contribution in [0, 0.1) is 38.0 Å². The molecule has 0 N–H and O–H groups in total. The number of ether oxygens (including phenoxy) is 1. The third-order valence-electron chi connectivity index (χ3n) is 1.77. The molecule has 0 aliphatic rings. The molecule has 0 aliphatic heterocycles. The molecule has 88 valence electrons. The molecule has 0 atom stereocenters. The van der Waals surface area contributed by atoms with E-state index >= 15 is 0 Å². The Balaban J connectivity index is 0. The van der Waals surface area contributed by atoms with E-state index in [0.29, 0.717) is 13.0 Å². The zero-order valence-electron chi connectivity index (χ0n) is 10.5. The van der Waals surface area contributed by atoms with E-state index in [2.05, 4.69) is 0 Å². The third kappa shape index (κ3) is 7.96. The molecule has 16 heavy (non-hydrogen) atoms. The van der Waals surface area contributed by atoms with Gasteiger partial charge in [0.1, 0.15) is 0 Å². The monoisotopic (exact) mass is 446 g/mol. The molecule has 0 saturated carbocycles. The molecule has 0 aromatic heterocycles. The smallest absolute Gasteiger partial charge is 0.310 e. The molecule has 0 heterocycles. The Bertz CT molecular complexity index is 280. The normalized spacial score (nSPS) is 8.25. The number of benzene rings is 1. The summed E-state index contributed by atoms with van der Waals surface area (Å²) in [7, 11) is 0. The van der Waals surface area contributed by atoms with Crippen LogP contribution >= 0.6 is 0 Å². The van der Waals surface area contributed by atoms with Crippen LogP contribution in [0.5, 0.6) is 0 Å². The molecule has 3 heteroatoms. The van der Waals surface area contributed by atoms with Crippen molar-refractivity contribution < 1.29 is 40.6 Å². The minimum absolute atomic E-state index is 0. The zero-order chi connectivity index (χ0) is 11.7. The molecule has 0 spiro atoms. The number of carbonyl (C=O) groups excluding carboxylic acids is 1. The van der Waals surface area contributed by atoms with E-state index in [4.69, 9.17) is 4.74 Å². The largest absolute Gasteiger partial charge is 0.466 e. The van der Waals surface area contributed by atoms with Gasteiger partial charge in [0, 0.05) is 31.1 Å². The van der Waals surface area contributed by atoms with Gasteiger partial charge < -0.3 is 4.74 Å². The van der Waals surface area contributed by atoms with Crippen molar-refractivity contribution in [3.8, 4) is 0 Å². The van der Waals surface area contributed by atoms with Gasteiger partial charge in [0.05, 0.1) is 13.0 Å². The van der Waals surface area contributed by atoms with Gasteiger partial charge in [-0.3, -0.25) is 4.79 Å². The summed E-state index contributed by atoms with van der Waals surface area (Å²) in [5, 5.41) is 0. The molecule has 0 saturated heterocycles. The number of carbonyl (C=O) groups is 1. The quantitative estimate of drug-likeness (QED) is 0.668. The van der Waals surface area contributed by atoms with Crippen molar-refractivity contribution in [2.24, 2.45) is 0 Å². The Hall–Kier alpha value is -0.258. The molecular formula is C13H20O2U. The first-order valence-electron chi connectivity index (χ1n) is 5.43. The number of esters is 1. The average Bonchev–Trinajstić information content (AvgIpc) is 2.25. The summed E-state index contributed by atoms with van der Waals surface area (Å²) in [5.74, 6) is -0.161. The van der Waals surface area contributed by atoms with Crippen LogP contribution in [0.15, 0.2) is 24.3 Å². The van der Waals surface area contributed by atoms with E-state index < -0.39 is 0 Å². The standard InChI is InChI=1S/C11H14O2.C2H6.U/c1-3-13-11(12)8-10-6-4-9(2)5-7-10;1-2;/h4-7H,3,8H2,1-2H3;1-2H3;. The van der Waals surface area contributed by atoms with Crippen LogP contribution in [0.1, 0.15) is 31.9 Å². The zero-order valence-corrected chi connectivity index (χ0v) is 14.7. The van der Waals surface area contributed by atoms with Crippen LogP contribution in [-0.2, 0) is 16.0 Å². The number of rotatable bonds is 3. The van der Waals surface area contributed by atoms with E-state index in [-0.39, 0.29) is 37.1 Å². The van der Waals surface area contributed by atoms with E-state index in [0.717, 1.165) is 5.56 Å². The predicted octanol–water partition coefficient (Wildman–Crippen LogP) is 3.13. The fourth-order valence-corrected chi connectivity index (χ4v) is 1.08. The van der Waals surface area contributed by atoms with Gasteiger partial charge in [0.15, 0.2) is 0 Å². The van der Waals surface area contributed by atoms with Crippen LogP contribution in [-0.4, -0.2) is 12.6 Å². The van der Waals surface area contributed by atoms with Gasteiger partial charge in [0.2, 0.25) is 0 Å². The molecule has 0 aliphatic carbocycles. The summed E-state index contributed by atoms with van der Waals surface area (Å²) in [6.07, 6.45) is 0.369. The molecule has 0 unspecified atom stereocenters. The van der Waals surface area contributed by atoms with Crippen molar-refractivity contribution in [3.05, 3.63) is 35.4 Å². The second-order valence-electron chi connectivity index (χ2n) is 2.97. The second kappa shape index (κ2) is 11.2. The van der Waals surface area contributed by atoms with Gasteiger partial charge in [-0.1, -0.05) is 43.7 Å². The molecule has 0 bridgehead atoms. The minimum Gasteiger partial charge on any atom is -0.466 e. The van der Waals surface area contributed by atoms with Gasteiger partial charge in [-0.05, 0) is 19.4 Å². The molecular weight excluding hydrogens is 426 g/mol. The van der Waals surface area contributed by atoms with Crippen LogP contribution in [0.2, 0.25) is 0 Å². The first-order valence-corrected chi connectivity index (χ1v) is 5.43. The van der Waals surface area contributed by atoms with Crippen molar-refractivity contribution in [1.29, 1.82) is 0 Å². The van der Waals surface area contributed by atoms with Gasteiger partial charge in [-0.25, -0.2) is 0 Å². The Morgan fingerprint density at radius 3 is 2.12 bits per heavy atom. The van der Waals surface area contributed by atoms with Crippen molar-refractivity contribution in [3.63, 3.8) is 0 Å². The van der Waals surface area contributed by atoms with Gasteiger partial charge >= 0.3 is 5.97 Å². The molecule has 1 aromatic rings. The van der Waals surface area contributed by atoms with E-state index in [9.17, 15) is 4.79 Å². The van der Waals surface area contributed by atoms with Crippen molar-refractivity contribution in [2.45, 2.75) is 34.1 Å². The maximum absolute atomic E-state index is 11.1. The van der Waals surface area contributed by atoms with Crippen molar-refractivity contribution in [2.75, 3.05) is 6.61 Å². The second-order valence-corrected chi connectivity index (χ2v) is 2.97. The van der Waals surface area contributed by atoms with E-state index in [1.807, 2.05) is 52.0 Å². The van der Waals surface area contributed by atoms with Crippen LogP contribution in [0.3, 0.4) is 0 Å². The Morgan fingerprint density at radius 1 is 1.19 bits per heavy atom. The summed E-state index contributed by atoms with van der Waals surface area (Å²) in [5.41, 5.74) is 2.21. The summed E-state index contributed by atoms with van der Waals surface area (Å²) < 4.78 is 4.84. The molecule has 0 fully saturated rings. The molecule has 1 rings (SSSR count). The first-order chi connectivity index (χ1) is 7.22. The fraction of sp³-hybridized carbons (Fsp3) is 0.462. The number of hydrogen-bond acceptors (Lipinski definition) is 2.